The highest BCUT2D eigenvalue weighted by molar-refractivity contribution is 5.93. The molecule has 0 aliphatic rings. The zero-order valence-electron chi connectivity index (χ0n) is 16.5. The van der Waals surface area contributed by atoms with Crippen molar-refractivity contribution < 1.29 is 14.3 Å². The van der Waals surface area contributed by atoms with Crippen molar-refractivity contribution >= 4 is 28.7 Å². The number of ether oxygens (including phenoxy) is 2. The molecule has 3 aromatic carbocycles. The van der Waals surface area contributed by atoms with E-state index in [4.69, 9.17) is 9.47 Å². The van der Waals surface area contributed by atoms with Gasteiger partial charge in [0.15, 0.2) is 11.5 Å². The van der Waals surface area contributed by atoms with Gasteiger partial charge in [0.05, 0.1) is 12.6 Å². The summed E-state index contributed by atoms with van der Waals surface area (Å²) in [6, 6.07) is 21.3. The van der Waals surface area contributed by atoms with Gasteiger partial charge in [-0.3, -0.25) is 0 Å². The Hall–Kier alpha value is -3.93. The fourth-order valence-electron chi connectivity index (χ4n) is 3.13. The first-order chi connectivity index (χ1) is 14.8. The molecule has 0 saturated heterocycles. The highest BCUT2D eigenvalue weighted by Crippen LogP contribution is 2.35. The Kier molecular flexibility index (Phi) is 5.85. The first kappa shape index (κ1) is 19.4. The maximum Gasteiger partial charge on any atom is 0.163 e. The van der Waals surface area contributed by atoms with Gasteiger partial charge in [0.2, 0.25) is 0 Å². The summed E-state index contributed by atoms with van der Waals surface area (Å²) < 4.78 is 11.5. The fourth-order valence-corrected chi connectivity index (χ4v) is 3.13. The van der Waals surface area contributed by atoms with Crippen molar-refractivity contribution in [3.05, 3.63) is 84.2 Å². The van der Waals surface area contributed by atoms with Gasteiger partial charge in [-0.2, -0.15) is 0 Å². The number of carbonyl (C=O) groups is 1. The number of anilines is 2. The first-order valence-corrected chi connectivity index (χ1v) is 9.56. The van der Waals surface area contributed by atoms with E-state index in [1.807, 2.05) is 66.7 Å². The fraction of sp³-hybridized carbons (Fsp3) is 0.125. The van der Waals surface area contributed by atoms with Crippen molar-refractivity contribution in [1.82, 2.24) is 9.97 Å². The van der Waals surface area contributed by atoms with Crippen molar-refractivity contribution in [2.24, 2.45) is 0 Å². The van der Waals surface area contributed by atoms with Crippen molar-refractivity contribution in [3.8, 4) is 11.5 Å². The van der Waals surface area contributed by atoms with Gasteiger partial charge in [0.25, 0.3) is 0 Å². The molecule has 4 rings (SSSR count). The standard InChI is InChI=1S/C24H21N3O3/c1-29-22-13-20-21(14-23(22)30-15-18-5-3-2-4-6-18)25-16-26-24(20)27-19-9-7-17(8-10-19)11-12-28/h2-10,12-14,16H,11,15H2,1H3,(H,25,26,27). The monoisotopic (exact) mass is 399 g/mol. The molecular weight excluding hydrogens is 378 g/mol. The van der Waals surface area contributed by atoms with Gasteiger partial charge in [-0.1, -0.05) is 42.5 Å². The van der Waals surface area contributed by atoms with E-state index in [1.165, 1.54) is 6.33 Å². The van der Waals surface area contributed by atoms with Gasteiger partial charge in [0, 0.05) is 23.6 Å². The Bertz CT molecular complexity index is 1150. The second-order valence-corrected chi connectivity index (χ2v) is 6.71. The van der Waals surface area contributed by atoms with Crippen LogP contribution in [0.2, 0.25) is 0 Å². The summed E-state index contributed by atoms with van der Waals surface area (Å²) in [7, 11) is 1.61. The van der Waals surface area contributed by atoms with Crippen LogP contribution in [0.4, 0.5) is 11.5 Å². The molecular formula is C24H21N3O3. The summed E-state index contributed by atoms with van der Waals surface area (Å²) in [6.45, 7) is 0.437. The van der Waals surface area contributed by atoms with E-state index in [1.54, 1.807) is 7.11 Å². The number of benzene rings is 3. The molecule has 150 valence electrons. The number of methoxy groups -OCH3 is 1. The smallest absolute Gasteiger partial charge is 0.163 e. The van der Waals surface area contributed by atoms with Crippen LogP contribution in [0.5, 0.6) is 11.5 Å². The summed E-state index contributed by atoms with van der Waals surface area (Å²) in [5.74, 6) is 1.89. The molecule has 0 unspecified atom stereocenters. The molecule has 1 heterocycles. The molecule has 0 radical (unpaired) electrons. The predicted molar refractivity (Wildman–Crippen MR) is 116 cm³/mol. The van der Waals surface area contributed by atoms with Crippen molar-refractivity contribution in [1.29, 1.82) is 0 Å². The van der Waals surface area contributed by atoms with Gasteiger partial charge >= 0.3 is 0 Å². The Morgan fingerprint density at radius 1 is 0.933 bits per heavy atom. The summed E-state index contributed by atoms with van der Waals surface area (Å²) in [5.41, 5.74) is 3.65. The topological polar surface area (TPSA) is 73.3 Å². The minimum atomic E-state index is 0.402. The van der Waals surface area contributed by atoms with Crippen LogP contribution in [0.1, 0.15) is 11.1 Å². The molecule has 0 spiro atoms. The van der Waals surface area contributed by atoms with E-state index in [-0.39, 0.29) is 0 Å². The SMILES string of the molecule is COc1cc2c(Nc3ccc(CC=O)cc3)ncnc2cc1OCc1ccccc1. The van der Waals surface area contributed by atoms with Crippen molar-refractivity contribution in [2.75, 3.05) is 12.4 Å². The molecule has 0 saturated carbocycles. The van der Waals surface area contributed by atoms with E-state index in [2.05, 4.69) is 15.3 Å². The molecule has 4 aromatic rings. The number of aromatic nitrogens is 2. The molecule has 6 nitrogen and oxygen atoms in total. The van der Waals surface area contributed by atoms with E-state index in [0.29, 0.717) is 30.3 Å². The molecule has 1 aromatic heterocycles. The Labute approximate surface area is 174 Å². The maximum absolute atomic E-state index is 10.7. The van der Waals surface area contributed by atoms with Crippen LogP contribution in [0.25, 0.3) is 10.9 Å². The molecule has 0 aliphatic carbocycles. The lowest BCUT2D eigenvalue weighted by Crippen LogP contribution is -2.00. The summed E-state index contributed by atoms with van der Waals surface area (Å²) in [6.07, 6.45) is 2.81. The quantitative estimate of drug-likeness (QED) is 0.433. The van der Waals surface area contributed by atoms with E-state index in [0.717, 1.165) is 34.0 Å². The van der Waals surface area contributed by atoms with E-state index < -0.39 is 0 Å². The number of nitrogens with zero attached hydrogens (tertiary/aromatic N) is 2. The number of nitrogens with one attached hydrogen (secondary N) is 1. The van der Waals surface area contributed by atoms with Gasteiger partial charge in [0.1, 0.15) is 25.0 Å². The van der Waals surface area contributed by atoms with E-state index in [9.17, 15) is 4.79 Å². The minimum absolute atomic E-state index is 0.402. The number of carbonyl (C=O) groups excluding carboxylic acids is 1. The summed E-state index contributed by atoms with van der Waals surface area (Å²) >= 11 is 0. The highest BCUT2D eigenvalue weighted by atomic mass is 16.5. The van der Waals surface area contributed by atoms with Gasteiger partial charge in [-0.25, -0.2) is 9.97 Å². The van der Waals surface area contributed by atoms with E-state index >= 15 is 0 Å². The zero-order chi connectivity index (χ0) is 20.8. The molecule has 6 heteroatoms. The van der Waals surface area contributed by atoms with Crippen molar-refractivity contribution in [2.45, 2.75) is 13.0 Å². The molecule has 30 heavy (non-hydrogen) atoms. The molecule has 0 amide bonds. The first-order valence-electron chi connectivity index (χ1n) is 9.56. The van der Waals surface area contributed by atoms with Crippen LogP contribution in [0.15, 0.2) is 73.1 Å². The minimum Gasteiger partial charge on any atom is -0.493 e. The normalized spacial score (nSPS) is 10.6. The molecule has 1 N–H and O–H groups in total. The lowest BCUT2D eigenvalue weighted by Gasteiger charge is -2.14. The van der Waals surface area contributed by atoms with Gasteiger partial charge in [-0.05, 0) is 29.3 Å². The Morgan fingerprint density at radius 3 is 2.47 bits per heavy atom. The highest BCUT2D eigenvalue weighted by Gasteiger charge is 2.12. The van der Waals surface area contributed by atoms with Crippen LogP contribution >= 0.6 is 0 Å². The molecule has 0 bridgehead atoms. The van der Waals surface area contributed by atoms with Gasteiger partial charge < -0.3 is 19.6 Å². The lowest BCUT2D eigenvalue weighted by atomic mass is 10.1. The maximum atomic E-state index is 10.7. The number of rotatable bonds is 8. The number of hydrogen-bond acceptors (Lipinski definition) is 6. The number of aldehydes is 1. The average Bonchev–Trinajstić information content (AvgIpc) is 2.79. The van der Waals surface area contributed by atoms with Crippen molar-refractivity contribution in [3.63, 3.8) is 0 Å². The third kappa shape index (κ3) is 4.38. The third-order valence-electron chi connectivity index (χ3n) is 4.69. The lowest BCUT2D eigenvalue weighted by molar-refractivity contribution is -0.107. The van der Waals surface area contributed by atoms with Crippen LogP contribution in [-0.4, -0.2) is 23.4 Å². The van der Waals surface area contributed by atoms with Crippen LogP contribution in [0, 0.1) is 0 Å². The molecule has 0 atom stereocenters. The third-order valence-corrected chi connectivity index (χ3v) is 4.69. The molecule has 0 fully saturated rings. The van der Waals surface area contributed by atoms with Crippen LogP contribution in [0.3, 0.4) is 0 Å². The number of fused-ring (bicyclic) bond motifs is 1. The zero-order valence-corrected chi connectivity index (χ0v) is 16.5. The Balaban J connectivity index is 1.61. The predicted octanol–water partition coefficient (Wildman–Crippen LogP) is 4.70. The average molecular weight is 399 g/mol. The largest absolute Gasteiger partial charge is 0.493 e. The Morgan fingerprint density at radius 2 is 1.73 bits per heavy atom. The summed E-state index contributed by atoms with van der Waals surface area (Å²) in [5, 5.41) is 4.13. The number of hydrogen-bond donors (Lipinski definition) is 1. The van der Waals surface area contributed by atoms with Gasteiger partial charge in [-0.15, -0.1) is 0 Å². The van der Waals surface area contributed by atoms with Crippen LogP contribution in [-0.2, 0) is 17.8 Å². The second kappa shape index (κ2) is 9.05. The van der Waals surface area contributed by atoms with Crippen LogP contribution < -0.4 is 14.8 Å². The molecule has 0 aliphatic heterocycles. The summed E-state index contributed by atoms with van der Waals surface area (Å²) in [4.78, 5) is 19.4. The second-order valence-electron chi connectivity index (χ2n) is 6.71.